The van der Waals surface area contributed by atoms with Crippen molar-refractivity contribution in [3.63, 3.8) is 0 Å². The van der Waals surface area contributed by atoms with Gasteiger partial charge in [-0.25, -0.2) is 0 Å². The van der Waals surface area contributed by atoms with Crippen molar-refractivity contribution in [3.05, 3.63) is 0 Å². The van der Waals surface area contributed by atoms with E-state index in [2.05, 4.69) is 0 Å². The average molecular weight is 257 g/mol. The zero-order chi connectivity index (χ0) is 10.7. The third-order valence-electron chi connectivity index (χ3n) is 2.35. The first-order valence-corrected chi connectivity index (χ1v) is 6.04. The van der Waals surface area contributed by atoms with Crippen molar-refractivity contribution < 1.29 is 18.9 Å². The van der Waals surface area contributed by atoms with Crippen LogP contribution in [0.3, 0.4) is 0 Å². The molecule has 6 heteroatoms. The van der Waals surface area contributed by atoms with Crippen LogP contribution in [0.15, 0.2) is 0 Å². The number of hydrogen-bond donors (Lipinski definition) is 0. The van der Waals surface area contributed by atoms with Gasteiger partial charge in [0.25, 0.3) is 0 Å². The molecule has 4 atom stereocenters. The van der Waals surface area contributed by atoms with Gasteiger partial charge in [-0.15, -0.1) is 23.2 Å². The Labute approximate surface area is 98.7 Å². The first-order valence-electron chi connectivity index (χ1n) is 4.98. The predicted octanol–water partition coefficient (Wildman–Crippen LogP) is 1.34. The average Bonchev–Trinajstić information content (AvgIpc) is 2.87. The summed E-state index contributed by atoms with van der Waals surface area (Å²) in [5.41, 5.74) is 0. The van der Waals surface area contributed by atoms with Crippen LogP contribution in [0.5, 0.6) is 0 Å². The maximum Gasteiger partial charge on any atom is 0.163 e. The van der Waals surface area contributed by atoms with Crippen LogP contribution >= 0.6 is 23.2 Å². The van der Waals surface area contributed by atoms with Crippen LogP contribution in [-0.2, 0) is 18.9 Å². The highest BCUT2D eigenvalue weighted by molar-refractivity contribution is 6.18. The van der Waals surface area contributed by atoms with E-state index in [1.165, 1.54) is 0 Å². The Hall–Kier alpha value is 0.420. The predicted molar refractivity (Wildman–Crippen MR) is 55.3 cm³/mol. The van der Waals surface area contributed by atoms with Gasteiger partial charge < -0.3 is 18.9 Å². The third-order valence-corrected chi connectivity index (χ3v) is 3.04. The minimum atomic E-state index is -0.271. The van der Waals surface area contributed by atoms with Crippen LogP contribution in [0.1, 0.15) is 6.42 Å². The maximum absolute atomic E-state index is 5.65. The van der Waals surface area contributed by atoms with Crippen LogP contribution in [0.25, 0.3) is 0 Å². The molecule has 0 spiro atoms. The molecular formula is C9H14Cl2O4. The highest BCUT2D eigenvalue weighted by Crippen LogP contribution is 2.22. The Morgan fingerprint density at radius 1 is 0.867 bits per heavy atom. The molecule has 4 nitrogen and oxygen atoms in total. The molecule has 88 valence electrons. The van der Waals surface area contributed by atoms with E-state index < -0.39 is 0 Å². The summed E-state index contributed by atoms with van der Waals surface area (Å²) >= 11 is 11.3. The zero-order valence-electron chi connectivity index (χ0n) is 8.23. The van der Waals surface area contributed by atoms with E-state index >= 15 is 0 Å². The molecule has 0 radical (unpaired) electrons. The van der Waals surface area contributed by atoms with Crippen molar-refractivity contribution in [1.82, 2.24) is 0 Å². The molecule has 0 aromatic heterocycles. The maximum atomic E-state index is 5.65. The summed E-state index contributed by atoms with van der Waals surface area (Å²) in [6.07, 6.45) is 0.00488. The normalized spacial score (nSPS) is 41.2. The van der Waals surface area contributed by atoms with E-state index in [-0.39, 0.29) is 24.8 Å². The van der Waals surface area contributed by atoms with Gasteiger partial charge in [0, 0.05) is 6.42 Å². The van der Waals surface area contributed by atoms with Crippen LogP contribution in [-0.4, -0.2) is 49.8 Å². The van der Waals surface area contributed by atoms with Gasteiger partial charge in [0.1, 0.15) is 0 Å². The molecule has 2 fully saturated rings. The summed E-state index contributed by atoms with van der Waals surface area (Å²) in [6.45, 7) is 1.08. The van der Waals surface area contributed by atoms with Crippen molar-refractivity contribution in [1.29, 1.82) is 0 Å². The Bertz CT molecular complexity index is 185. The lowest BCUT2D eigenvalue weighted by molar-refractivity contribution is -0.135. The number of rotatable bonds is 4. The lowest BCUT2D eigenvalue weighted by Crippen LogP contribution is -2.21. The topological polar surface area (TPSA) is 36.9 Å². The number of ether oxygens (including phenoxy) is 4. The lowest BCUT2D eigenvalue weighted by Gasteiger charge is -2.14. The molecule has 2 heterocycles. The summed E-state index contributed by atoms with van der Waals surface area (Å²) in [7, 11) is 0. The van der Waals surface area contributed by atoms with Gasteiger partial charge in [-0.2, -0.15) is 0 Å². The van der Waals surface area contributed by atoms with Gasteiger partial charge in [0.2, 0.25) is 0 Å². The molecule has 0 N–H and O–H groups in total. The standard InChI is InChI=1S/C9H14Cl2O4/c10-2-6-4-12-8(14-6)1-9-13-5-7(3-11)15-9/h6-9H,1-5H2. The van der Waals surface area contributed by atoms with Crippen molar-refractivity contribution in [2.75, 3.05) is 25.0 Å². The molecular weight excluding hydrogens is 243 g/mol. The quantitative estimate of drug-likeness (QED) is 0.712. The van der Waals surface area contributed by atoms with E-state index in [9.17, 15) is 0 Å². The van der Waals surface area contributed by atoms with Crippen LogP contribution in [0.4, 0.5) is 0 Å². The van der Waals surface area contributed by atoms with Gasteiger partial charge in [0.15, 0.2) is 12.6 Å². The van der Waals surface area contributed by atoms with Crippen LogP contribution in [0, 0.1) is 0 Å². The second-order valence-electron chi connectivity index (χ2n) is 3.59. The molecule has 4 unspecified atom stereocenters. The Kier molecular flexibility index (Phi) is 4.49. The first-order chi connectivity index (χ1) is 7.31. The van der Waals surface area contributed by atoms with Crippen LogP contribution < -0.4 is 0 Å². The van der Waals surface area contributed by atoms with Gasteiger partial charge >= 0.3 is 0 Å². The van der Waals surface area contributed by atoms with Crippen LogP contribution in [0.2, 0.25) is 0 Å². The molecule has 0 aliphatic carbocycles. The van der Waals surface area contributed by atoms with Crippen molar-refractivity contribution in [3.8, 4) is 0 Å². The molecule has 0 amide bonds. The van der Waals surface area contributed by atoms with Gasteiger partial charge in [-0.1, -0.05) is 0 Å². The minimum Gasteiger partial charge on any atom is -0.350 e. The first kappa shape index (κ1) is 11.9. The second kappa shape index (κ2) is 5.66. The van der Waals surface area contributed by atoms with Gasteiger partial charge in [-0.05, 0) is 0 Å². The minimum absolute atomic E-state index is 0.0121. The van der Waals surface area contributed by atoms with Crippen molar-refractivity contribution in [2.45, 2.75) is 31.2 Å². The zero-order valence-corrected chi connectivity index (χ0v) is 9.75. The van der Waals surface area contributed by atoms with E-state index in [1.807, 2.05) is 0 Å². The van der Waals surface area contributed by atoms with Gasteiger partial charge in [-0.3, -0.25) is 0 Å². The lowest BCUT2D eigenvalue weighted by atomic mass is 10.4. The summed E-state index contributed by atoms with van der Waals surface area (Å²) in [5, 5.41) is 0. The molecule has 0 aromatic carbocycles. The van der Waals surface area contributed by atoms with E-state index in [0.29, 0.717) is 31.4 Å². The fourth-order valence-corrected chi connectivity index (χ4v) is 1.91. The second-order valence-corrected chi connectivity index (χ2v) is 4.20. The smallest absolute Gasteiger partial charge is 0.163 e. The van der Waals surface area contributed by atoms with E-state index in [1.54, 1.807) is 0 Å². The SMILES string of the molecule is ClCC1COC(CC2OCC(CCl)O2)O1. The Morgan fingerprint density at radius 3 is 1.67 bits per heavy atom. The van der Waals surface area contributed by atoms with E-state index in [4.69, 9.17) is 42.1 Å². The van der Waals surface area contributed by atoms with Gasteiger partial charge in [0.05, 0.1) is 37.2 Å². The highest BCUT2D eigenvalue weighted by atomic mass is 35.5. The molecule has 15 heavy (non-hydrogen) atoms. The fraction of sp³-hybridized carbons (Fsp3) is 1.00. The molecule has 2 aliphatic heterocycles. The molecule has 0 aromatic rings. The summed E-state index contributed by atoms with van der Waals surface area (Å²) in [6, 6.07) is 0. The summed E-state index contributed by atoms with van der Waals surface area (Å²) in [4.78, 5) is 0. The highest BCUT2D eigenvalue weighted by Gasteiger charge is 2.32. The van der Waals surface area contributed by atoms with E-state index in [0.717, 1.165) is 0 Å². The number of halogens is 2. The summed E-state index contributed by atoms with van der Waals surface area (Å²) < 4.78 is 21.8. The largest absolute Gasteiger partial charge is 0.350 e. The molecule has 2 saturated heterocycles. The molecule has 2 rings (SSSR count). The fourth-order valence-electron chi connectivity index (χ4n) is 1.58. The monoisotopic (exact) mass is 256 g/mol. The van der Waals surface area contributed by atoms with Crippen molar-refractivity contribution >= 4 is 23.2 Å². The summed E-state index contributed by atoms with van der Waals surface area (Å²) in [5.74, 6) is 0.903. The Balaban J connectivity index is 1.70. The van der Waals surface area contributed by atoms with Crippen molar-refractivity contribution in [2.24, 2.45) is 0 Å². The molecule has 0 bridgehead atoms. The number of alkyl halides is 2. The molecule has 0 saturated carbocycles. The Morgan fingerprint density at radius 2 is 1.33 bits per heavy atom. The number of hydrogen-bond acceptors (Lipinski definition) is 4. The third kappa shape index (κ3) is 3.19. The molecule has 2 aliphatic rings.